The molecule has 2 rings (SSSR count). The first-order valence-electron chi connectivity index (χ1n) is 8.15. The number of halogens is 1. The van der Waals surface area contributed by atoms with Crippen molar-refractivity contribution in [2.24, 2.45) is 0 Å². The van der Waals surface area contributed by atoms with Gasteiger partial charge in [0.1, 0.15) is 5.75 Å². The Morgan fingerprint density at radius 3 is 2.80 bits per heavy atom. The van der Waals surface area contributed by atoms with Crippen LogP contribution in [-0.2, 0) is 9.59 Å². The number of ether oxygens (including phenoxy) is 1. The summed E-state index contributed by atoms with van der Waals surface area (Å²) in [4.78, 5) is 26.2. The van der Waals surface area contributed by atoms with E-state index in [0.717, 1.165) is 25.2 Å². The number of hydrogen-bond donors (Lipinski definition) is 3. The van der Waals surface area contributed by atoms with Gasteiger partial charge in [0.25, 0.3) is 0 Å². The Morgan fingerprint density at radius 2 is 2.12 bits per heavy atom. The number of carbonyl (C=O) groups excluding carboxylic acids is 2. The fourth-order valence-corrected chi connectivity index (χ4v) is 2.65. The Morgan fingerprint density at radius 1 is 1.36 bits per heavy atom. The molecule has 140 valence electrons. The smallest absolute Gasteiger partial charge is 0.243 e. The van der Waals surface area contributed by atoms with Gasteiger partial charge in [0, 0.05) is 25.7 Å². The summed E-state index contributed by atoms with van der Waals surface area (Å²) in [5, 5.41) is 8.72. The van der Waals surface area contributed by atoms with Gasteiger partial charge in [0.2, 0.25) is 11.8 Å². The molecular formula is C17H27ClN4O3. The maximum Gasteiger partial charge on any atom is 0.243 e. The summed E-state index contributed by atoms with van der Waals surface area (Å²) in [6.07, 6.45) is 0. The van der Waals surface area contributed by atoms with Crippen molar-refractivity contribution in [1.82, 2.24) is 15.5 Å². The Kier molecular flexibility index (Phi) is 8.68. The van der Waals surface area contributed by atoms with Crippen LogP contribution in [0.5, 0.6) is 5.75 Å². The van der Waals surface area contributed by atoms with E-state index in [1.807, 2.05) is 19.1 Å². The van der Waals surface area contributed by atoms with Gasteiger partial charge < -0.3 is 20.7 Å². The summed E-state index contributed by atoms with van der Waals surface area (Å²) in [6.45, 7) is 6.86. The molecule has 1 fully saturated rings. The first-order chi connectivity index (χ1) is 11.5. The molecule has 2 amide bonds. The van der Waals surface area contributed by atoms with Gasteiger partial charge in [-0.15, -0.1) is 12.4 Å². The molecule has 1 aliphatic heterocycles. The van der Waals surface area contributed by atoms with E-state index in [1.54, 1.807) is 13.2 Å². The van der Waals surface area contributed by atoms with E-state index in [-0.39, 0.29) is 30.8 Å². The van der Waals surface area contributed by atoms with Gasteiger partial charge in [-0.2, -0.15) is 0 Å². The zero-order valence-corrected chi connectivity index (χ0v) is 15.7. The summed E-state index contributed by atoms with van der Waals surface area (Å²) in [5.41, 5.74) is 1.62. The summed E-state index contributed by atoms with van der Waals surface area (Å²) in [5.74, 6) is 0.172. The number of nitrogens with one attached hydrogen (secondary N) is 3. The maximum absolute atomic E-state index is 12.0. The van der Waals surface area contributed by atoms with E-state index in [2.05, 4.69) is 27.8 Å². The number of methoxy groups -OCH3 is 1. The van der Waals surface area contributed by atoms with Crippen molar-refractivity contribution >= 4 is 29.9 Å². The topological polar surface area (TPSA) is 82.7 Å². The highest BCUT2D eigenvalue weighted by Crippen LogP contribution is 2.24. The lowest BCUT2D eigenvalue weighted by Gasteiger charge is -2.33. The molecule has 0 aliphatic carbocycles. The molecule has 0 aromatic heterocycles. The first kappa shape index (κ1) is 21.2. The van der Waals surface area contributed by atoms with Crippen LogP contribution in [0.25, 0.3) is 0 Å². The molecule has 3 N–H and O–H groups in total. The molecule has 1 atom stereocenters. The fraction of sp³-hybridized carbons (Fsp3) is 0.529. The lowest BCUT2D eigenvalue weighted by atomic mass is 10.2. The third-order valence-corrected chi connectivity index (χ3v) is 4.06. The minimum absolute atomic E-state index is 0. The highest BCUT2D eigenvalue weighted by atomic mass is 35.5. The number of hydrogen-bond acceptors (Lipinski definition) is 5. The molecule has 0 bridgehead atoms. The highest BCUT2D eigenvalue weighted by Gasteiger charge is 2.20. The summed E-state index contributed by atoms with van der Waals surface area (Å²) in [6, 6.07) is 5.86. The highest BCUT2D eigenvalue weighted by molar-refractivity contribution is 5.96. The second kappa shape index (κ2) is 10.2. The molecule has 1 saturated heterocycles. The van der Waals surface area contributed by atoms with Crippen molar-refractivity contribution < 1.29 is 14.3 Å². The second-order valence-corrected chi connectivity index (χ2v) is 6.05. The van der Waals surface area contributed by atoms with Crippen LogP contribution in [0.4, 0.5) is 5.69 Å². The van der Waals surface area contributed by atoms with Crippen LogP contribution in [0.1, 0.15) is 12.5 Å². The van der Waals surface area contributed by atoms with Crippen LogP contribution < -0.4 is 20.7 Å². The lowest BCUT2D eigenvalue weighted by Crippen LogP contribution is -2.53. The van der Waals surface area contributed by atoms with Crippen molar-refractivity contribution in [1.29, 1.82) is 0 Å². The molecule has 0 spiro atoms. The average molecular weight is 371 g/mol. The van der Waals surface area contributed by atoms with Crippen LogP contribution in [-0.4, -0.2) is 62.6 Å². The molecular weight excluding hydrogens is 344 g/mol. The molecule has 7 nitrogen and oxygen atoms in total. The minimum Gasteiger partial charge on any atom is -0.495 e. The van der Waals surface area contributed by atoms with Crippen LogP contribution >= 0.6 is 12.4 Å². The quantitative estimate of drug-likeness (QED) is 0.689. The third-order valence-electron chi connectivity index (χ3n) is 4.06. The zero-order valence-electron chi connectivity index (χ0n) is 14.9. The molecule has 0 saturated carbocycles. The van der Waals surface area contributed by atoms with Crippen molar-refractivity contribution in [2.75, 3.05) is 45.2 Å². The van der Waals surface area contributed by atoms with Gasteiger partial charge >= 0.3 is 0 Å². The summed E-state index contributed by atoms with van der Waals surface area (Å²) in [7, 11) is 1.55. The number of amides is 2. The monoisotopic (exact) mass is 370 g/mol. The van der Waals surface area contributed by atoms with E-state index in [4.69, 9.17) is 4.74 Å². The van der Waals surface area contributed by atoms with Crippen LogP contribution in [0.2, 0.25) is 0 Å². The normalized spacial score (nSPS) is 17.3. The van der Waals surface area contributed by atoms with Crippen LogP contribution in [0, 0.1) is 6.92 Å². The molecule has 1 aromatic rings. The summed E-state index contributed by atoms with van der Waals surface area (Å²) < 4.78 is 5.22. The van der Waals surface area contributed by atoms with Crippen LogP contribution in [0.3, 0.4) is 0 Å². The fourth-order valence-electron chi connectivity index (χ4n) is 2.65. The molecule has 1 aromatic carbocycles. The number of piperazine rings is 1. The molecule has 1 heterocycles. The van der Waals surface area contributed by atoms with E-state index >= 15 is 0 Å². The van der Waals surface area contributed by atoms with Gasteiger partial charge in [-0.25, -0.2) is 0 Å². The second-order valence-electron chi connectivity index (χ2n) is 6.05. The number of anilines is 1. The van der Waals surface area contributed by atoms with E-state index in [0.29, 0.717) is 24.0 Å². The Hall–Kier alpha value is -1.83. The molecule has 1 aliphatic rings. The van der Waals surface area contributed by atoms with E-state index in [1.165, 1.54) is 0 Å². The molecule has 0 radical (unpaired) electrons. The van der Waals surface area contributed by atoms with Gasteiger partial charge in [-0.1, -0.05) is 6.07 Å². The molecule has 8 heteroatoms. The Bertz CT molecular complexity index is 597. The largest absolute Gasteiger partial charge is 0.495 e. The predicted octanol–water partition coefficient (Wildman–Crippen LogP) is 0.774. The number of rotatable bonds is 6. The average Bonchev–Trinajstić information content (AvgIpc) is 2.55. The van der Waals surface area contributed by atoms with Gasteiger partial charge in [-0.3, -0.25) is 14.5 Å². The number of benzene rings is 1. The van der Waals surface area contributed by atoms with Crippen molar-refractivity contribution in [3.8, 4) is 5.75 Å². The van der Waals surface area contributed by atoms with Gasteiger partial charge in [0.15, 0.2) is 0 Å². The number of aryl methyl sites for hydroxylation is 1. The number of carbonyl (C=O) groups is 2. The Balaban J connectivity index is 0.00000312. The first-order valence-corrected chi connectivity index (χ1v) is 8.15. The standard InChI is InChI=1S/C17H26N4O3.ClH/c1-12-4-5-15(24-3)14(8-12)20-16(22)10-19-17(23)11-21-7-6-18-9-13(21)2;/h4-5,8,13,18H,6-7,9-11H2,1-3H3,(H,19,23)(H,20,22);1H/t13-;/m0./s1. The zero-order chi connectivity index (χ0) is 17.5. The third kappa shape index (κ3) is 6.53. The summed E-state index contributed by atoms with van der Waals surface area (Å²) >= 11 is 0. The number of nitrogens with zero attached hydrogens (tertiary/aromatic N) is 1. The van der Waals surface area contributed by atoms with Crippen molar-refractivity contribution in [2.45, 2.75) is 19.9 Å². The lowest BCUT2D eigenvalue weighted by molar-refractivity contribution is -0.125. The SMILES string of the molecule is COc1ccc(C)cc1NC(=O)CNC(=O)CN1CCNC[C@@H]1C.Cl. The van der Waals surface area contributed by atoms with Crippen LogP contribution in [0.15, 0.2) is 18.2 Å². The van der Waals surface area contributed by atoms with Crippen molar-refractivity contribution in [3.63, 3.8) is 0 Å². The predicted molar refractivity (Wildman–Crippen MR) is 101 cm³/mol. The van der Waals surface area contributed by atoms with Crippen molar-refractivity contribution in [3.05, 3.63) is 23.8 Å². The van der Waals surface area contributed by atoms with E-state index in [9.17, 15) is 9.59 Å². The maximum atomic E-state index is 12.0. The molecule has 0 unspecified atom stereocenters. The van der Waals surface area contributed by atoms with Gasteiger partial charge in [0.05, 0.1) is 25.9 Å². The Labute approximate surface area is 154 Å². The van der Waals surface area contributed by atoms with E-state index < -0.39 is 0 Å². The van der Waals surface area contributed by atoms with Gasteiger partial charge in [-0.05, 0) is 31.5 Å². The molecule has 25 heavy (non-hydrogen) atoms. The minimum atomic E-state index is -0.277.